The first-order valence-electron chi connectivity index (χ1n) is 8.69. The van der Waals surface area contributed by atoms with Crippen molar-refractivity contribution in [1.29, 1.82) is 0 Å². The number of aliphatic imine (C=N–C) groups is 1. The largest absolute Gasteiger partial charge is 0.489 e. The summed E-state index contributed by atoms with van der Waals surface area (Å²) in [5, 5.41) is 7.02. The number of anilines is 1. The SMILES string of the molecule is CN=C(NCc1ccccc1NS(C)(=O)=O)NCC(C)Oc1ccc(Cl)cc1. The molecule has 1 atom stereocenters. The number of ether oxygens (including phenoxy) is 1. The van der Waals surface area contributed by atoms with E-state index in [0.29, 0.717) is 29.8 Å². The van der Waals surface area contributed by atoms with Gasteiger partial charge < -0.3 is 15.4 Å². The molecule has 1 unspecified atom stereocenters. The number of benzene rings is 2. The molecule has 2 rings (SSSR count). The molecule has 0 saturated carbocycles. The van der Waals surface area contributed by atoms with E-state index in [1.807, 2.05) is 31.2 Å². The third-order valence-corrected chi connectivity index (χ3v) is 4.53. The average Bonchev–Trinajstić information content (AvgIpc) is 2.64. The molecule has 0 bridgehead atoms. The van der Waals surface area contributed by atoms with E-state index in [2.05, 4.69) is 20.3 Å². The van der Waals surface area contributed by atoms with E-state index in [-0.39, 0.29) is 6.10 Å². The van der Waals surface area contributed by atoms with Gasteiger partial charge in [0.15, 0.2) is 5.96 Å². The van der Waals surface area contributed by atoms with Crippen LogP contribution in [0.3, 0.4) is 0 Å². The van der Waals surface area contributed by atoms with Gasteiger partial charge in [0, 0.05) is 18.6 Å². The lowest BCUT2D eigenvalue weighted by Gasteiger charge is -2.18. The first-order chi connectivity index (χ1) is 13.3. The van der Waals surface area contributed by atoms with Crippen LogP contribution in [0.4, 0.5) is 5.69 Å². The highest BCUT2D eigenvalue weighted by atomic mass is 35.5. The predicted octanol–water partition coefficient (Wildman–Crippen LogP) is 2.84. The molecule has 0 amide bonds. The molecule has 9 heteroatoms. The maximum Gasteiger partial charge on any atom is 0.229 e. The first-order valence-corrected chi connectivity index (χ1v) is 11.0. The predicted molar refractivity (Wildman–Crippen MR) is 115 cm³/mol. The van der Waals surface area contributed by atoms with Crippen molar-refractivity contribution in [2.24, 2.45) is 4.99 Å². The molecule has 0 fully saturated rings. The summed E-state index contributed by atoms with van der Waals surface area (Å²) in [6.07, 6.45) is 1.03. The Bertz CT molecular complexity index is 902. The van der Waals surface area contributed by atoms with Gasteiger partial charge in [0.2, 0.25) is 10.0 Å². The Labute approximate surface area is 171 Å². The fourth-order valence-electron chi connectivity index (χ4n) is 2.40. The van der Waals surface area contributed by atoms with Crippen molar-refractivity contribution in [2.45, 2.75) is 19.6 Å². The van der Waals surface area contributed by atoms with E-state index in [0.717, 1.165) is 17.6 Å². The van der Waals surface area contributed by atoms with Crippen molar-refractivity contribution in [3.63, 3.8) is 0 Å². The fraction of sp³-hybridized carbons (Fsp3) is 0.316. The van der Waals surface area contributed by atoms with Crippen LogP contribution in [0.25, 0.3) is 0 Å². The Morgan fingerprint density at radius 3 is 2.46 bits per heavy atom. The van der Waals surface area contributed by atoms with Gasteiger partial charge in [0.1, 0.15) is 11.9 Å². The molecule has 0 aliphatic rings. The van der Waals surface area contributed by atoms with Gasteiger partial charge in [-0.1, -0.05) is 29.8 Å². The third-order valence-electron chi connectivity index (χ3n) is 3.69. The minimum absolute atomic E-state index is 0.0982. The number of nitrogens with zero attached hydrogens (tertiary/aromatic N) is 1. The van der Waals surface area contributed by atoms with Gasteiger partial charge in [-0.2, -0.15) is 0 Å². The van der Waals surface area contributed by atoms with E-state index < -0.39 is 10.0 Å². The van der Waals surface area contributed by atoms with Gasteiger partial charge >= 0.3 is 0 Å². The quantitative estimate of drug-likeness (QED) is 0.447. The van der Waals surface area contributed by atoms with Crippen LogP contribution in [0.15, 0.2) is 53.5 Å². The molecular formula is C19H25ClN4O3S. The molecule has 0 saturated heterocycles. The summed E-state index contributed by atoms with van der Waals surface area (Å²) in [7, 11) is -1.68. The van der Waals surface area contributed by atoms with Crippen LogP contribution in [0.2, 0.25) is 5.02 Å². The average molecular weight is 425 g/mol. The molecule has 0 radical (unpaired) electrons. The van der Waals surface area contributed by atoms with Crippen molar-refractivity contribution >= 4 is 33.3 Å². The Hall–Kier alpha value is -2.45. The minimum atomic E-state index is -3.35. The normalized spacial score (nSPS) is 12.9. The van der Waals surface area contributed by atoms with E-state index in [1.165, 1.54) is 0 Å². The Morgan fingerprint density at radius 1 is 1.14 bits per heavy atom. The van der Waals surface area contributed by atoms with Gasteiger partial charge in [-0.3, -0.25) is 9.71 Å². The van der Waals surface area contributed by atoms with Crippen molar-refractivity contribution < 1.29 is 13.2 Å². The molecule has 28 heavy (non-hydrogen) atoms. The molecule has 3 N–H and O–H groups in total. The standard InChI is InChI=1S/C19H25ClN4O3S/c1-14(27-17-10-8-16(20)9-11-17)12-22-19(21-2)23-13-15-6-4-5-7-18(15)24-28(3,25)26/h4-11,14,24H,12-13H2,1-3H3,(H2,21,22,23). The topological polar surface area (TPSA) is 91.8 Å². The van der Waals surface area contributed by atoms with Crippen molar-refractivity contribution in [1.82, 2.24) is 10.6 Å². The smallest absolute Gasteiger partial charge is 0.229 e. The zero-order chi connectivity index (χ0) is 20.6. The molecule has 2 aromatic rings. The summed E-state index contributed by atoms with van der Waals surface area (Å²) in [6.45, 7) is 2.89. The maximum atomic E-state index is 11.5. The molecule has 0 spiro atoms. The molecule has 152 valence electrons. The number of rotatable bonds is 8. The van der Waals surface area contributed by atoms with Gasteiger partial charge in [-0.25, -0.2) is 8.42 Å². The zero-order valence-corrected chi connectivity index (χ0v) is 17.6. The van der Waals surface area contributed by atoms with Crippen LogP contribution >= 0.6 is 11.6 Å². The maximum absolute atomic E-state index is 11.5. The highest BCUT2D eigenvalue weighted by molar-refractivity contribution is 7.92. The van der Waals surface area contributed by atoms with Crippen LogP contribution in [0, 0.1) is 0 Å². The van der Waals surface area contributed by atoms with E-state index in [1.54, 1.807) is 31.3 Å². The van der Waals surface area contributed by atoms with Crippen molar-refractivity contribution in [2.75, 3.05) is 24.6 Å². The van der Waals surface area contributed by atoms with Gasteiger partial charge in [0.25, 0.3) is 0 Å². The summed E-state index contributed by atoms with van der Waals surface area (Å²) in [4.78, 5) is 4.18. The lowest BCUT2D eigenvalue weighted by atomic mass is 10.2. The molecule has 0 aliphatic carbocycles. The number of sulfonamides is 1. The molecule has 0 aliphatic heterocycles. The third kappa shape index (κ3) is 7.66. The first kappa shape index (κ1) is 21.8. The zero-order valence-electron chi connectivity index (χ0n) is 16.1. The van der Waals surface area contributed by atoms with Crippen LogP contribution in [-0.4, -0.2) is 40.3 Å². The number of hydrogen-bond donors (Lipinski definition) is 3. The number of guanidine groups is 1. The number of hydrogen-bond acceptors (Lipinski definition) is 4. The molecular weight excluding hydrogens is 400 g/mol. The number of para-hydroxylation sites is 1. The summed E-state index contributed by atoms with van der Waals surface area (Å²) >= 11 is 5.87. The highest BCUT2D eigenvalue weighted by Gasteiger charge is 2.09. The molecule has 0 heterocycles. The van der Waals surface area contributed by atoms with E-state index in [4.69, 9.17) is 16.3 Å². The monoisotopic (exact) mass is 424 g/mol. The lowest BCUT2D eigenvalue weighted by molar-refractivity contribution is 0.224. The second-order valence-corrected chi connectivity index (χ2v) is 8.41. The summed E-state index contributed by atoms with van der Waals surface area (Å²) in [5.74, 6) is 1.32. The van der Waals surface area contributed by atoms with E-state index >= 15 is 0 Å². The van der Waals surface area contributed by atoms with Crippen LogP contribution in [0.1, 0.15) is 12.5 Å². The highest BCUT2D eigenvalue weighted by Crippen LogP contribution is 2.17. The van der Waals surface area contributed by atoms with Gasteiger partial charge in [-0.15, -0.1) is 0 Å². The second-order valence-electron chi connectivity index (χ2n) is 6.22. The Morgan fingerprint density at radius 2 is 1.82 bits per heavy atom. The summed E-state index contributed by atoms with van der Waals surface area (Å²) in [5.41, 5.74) is 1.34. The Kier molecular flexibility index (Phi) is 7.95. The number of halogens is 1. The molecule has 0 aromatic heterocycles. The van der Waals surface area contributed by atoms with Gasteiger partial charge in [-0.05, 0) is 42.8 Å². The van der Waals surface area contributed by atoms with E-state index in [9.17, 15) is 8.42 Å². The lowest BCUT2D eigenvalue weighted by Crippen LogP contribution is -2.41. The molecule has 7 nitrogen and oxygen atoms in total. The van der Waals surface area contributed by atoms with Crippen molar-refractivity contribution in [3.05, 3.63) is 59.1 Å². The Balaban J connectivity index is 1.87. The van der Waals surface area contributed by atoms with Crippen LogP contribution in [0.5, 0.6) is 5.75 Å². The second kappa shape index (κ2) is 10.2. The van der Waals surface area contributed by atoms with Crippen LogP contribution in [-0.2, 0) is 16.6 Å². The van der Waals surface area contributed by atoms with Gasteiger partial charge in [0.05, 0.1) is 18.5 Å². The summed E-state index contributed by atoms with van der Waals surface area (Å²) < 4.78 is 31.3. The minimum Gasteiger partial charge on any atom is -0.489 e. The number of nitrogens with one attached hydrogen (secondary N) is 3. The fourth-order valence-corrected chi connectivity index (χ4v) is 3.13. The molecule has 2 aromatic carbocycles. The summed E-state index contributed by atoms with van der Waals surface area (Å²) in [6, 6.07) is 14.4. The van der Waals surface area contributed by atoms with Crippen molar-refractivity contribution in [3.8, 4) is 5.75 Å². The van der Waals surface area contributed by atoms with Crippen LogP contribution < -0.4 is 20.1 Å².